The number of aryl methyl sites for hydroxylation is 2. The Bertz CT molecular complexity index is 961. The molecule has 0 aliphatic heterocycles. The zero-order valence-electron chi connectivity index (χ0n) is 16.4. The molecule has 28 heavy (non-hydrogen) atoms. The van der Waals surface area contributed by atoms with Gasteiger partial charge in [-0.25, -0.2) is 0 Å². The van der Waals surface area contributed by atoms with Gasteiger partial charge in [0.25, 0.3) is 5.91 Å². The van der Waals surface area contributed by atoms with E-state index in [1.54, 1.807) is 18.2 Å². The zero-order chi connectivity index (χ0) is 20.3. The predicted molar refractivity (Wildman–Crippen MR) is 105 cm³/mol. The van der Waals surface area contributed by atoms with Crippen LogP contribution < -0.4 is 14.8 Å². The lowest BCUT2D eigenvalue weighted by molar-refractivity contribution is 0.102. The van der Waals surface area contributed by atoms with Crippen molar-refractivity contribution in [2.24, 2.45) is 0 Å². The van der Waals surface area contributed by atoms with Crippen molar-refractivity contribution in [2.75, 3.05) is 12.4 Å². The molecule has 1 N–H and O–H groups in total. The molecule has 0 unspecified atom stereocenters. The first-order chi connectivity index (χ1) is 13.4. The fourth-order valence-electron chi connectivity index (χ4n) is 2.47. The molecule has 9 heteroatoms. The fraction of sp³-hybridized carbons (Fsp3) is 0.368. The molecular weight excluding hydrogens is 380 g/mol. The molecule has 1 amide bonds. The number of hydrogen-bond donors (Lipinski definition) is 1. The minimum atomic E-state index is -0.290. The second-order valence-corrected chi connectivity index (χ2v) is 7.52. The van der Waals surface area contributed by atoms with Crippen molar-refractivity contribution in [2.45, 2.75) is 40.2 Å². The number of methoxy groups -OCH3 is 1. The summed E-state index contributed by atoms with van der Waals surface area (Å²) in [6.07, 6.45) is 0. The monoisotopic (exact) mass is 402 g/mol. The average Bonchev–Trinajstić information content (AvgIpc) is 3.27. The van der Waals surface area contributed by atoms with E-state index >= 15 is 0 Å². The van der Waals surface area contributed by atoms with E-state index in [-0.39, 0.29) is 11.8 Å². The van der Waals surface area contributed by atoms with E-state index in [1.165, 1.54) is 18.4 Å². The van der Waals surface area contributed by atoms with Gasteiger partial charge in [0, 0.05) is 11.5 Å². The van der Waals surface area contributed by atoms with Crippen LogP contribution in [-0.2, 0) is 6.61 Å². The highest BCUT2D eigenvalue weighted by Gasteiger charge is 2.16. The standard InChI is InChI=1S/C19H22N4O4S/c1-10(2)18-21-22-19(28-18)20-17(24)13-6-7-15(16(8-13)25-5)26-9-14-11(3)23-27-12(14)4/h6-8,10H,9H2,1-5H3,(H,20,22,24). The normalized spacial score (nSPS) is 10.9. The first-order valence-corrected chi connectivity index (χ1v) is 9.58. The van der Waals surface area contributed by atoms with E-state index in [2.05, 4.69) is 20.7 Å². The van der Waals surface area contributed by atoms with Gasteiger partial charge in [-0.1, -0.05) is 30.3 Å². The summed E-state index contributed by atoms with van der Waals surface area (Å²) in [6.45, 7) is 8.04. The van der Waals surface area contributed by atoms with Gasteiger partial charge >= 0.3 is 0 Å². The molecule has 2 heterocycles. The molecule has 0 saturated heterocycles. The Balaban J connectivity index is 1.71. The van der Waals surface area contributed by atoms with Crippen molar-refractivity contribution in [3.63, 3.8) is 0 Å². The van der Waals surface area contributed by atoms with E-state index < -0.39 is 0 Å². The summed E-state index contributed by atoms with van der Waals surface area (Å²) >= 11 is 1.36. The summed E-state index contributed by atoms with van der Waals surface area (Å²) in [5, 5.41) is 16.1. The molecule has 2 aromatic heterocycles. The Morgan fingerprint density at radius 1 is 1.25 bits per heavy atom. The van der Waals surface area contributed by atoms with Gasteiger partial charge < -0.3 is 14.0 Å². The highest BCUT2D eigenvalue weighted by atomic mass is 32.1. The Hall–Kier alpha value is -2.94. The van der Waals surface area contributed by atoms with Gasteiger partial charge in [-0.2, -0.15) is 0 Å². The Kier molecular flexibility index (Phi) is 5.93. The van der Waals surface area contributed by atoms with Crippen LogP contribution in [0.15, 0.2) is 22.7 Å². The number of carbonyl (C=O) groups is 1. The van der Waals surface area contributed by atoms with Crippen molar-refractivity contribution >= 4 is 22.4 Å². The first-order valence-electron chi connectivity index (χ1n) is 8.76. The van der Waals surface area contributed by atoms with Gasteiger partial charge in [-0.15, -0.1) is 10.2 Å². The Labute approximate surface area is 166 Å². The molecule has 0 fully saturated rings. The average molecular weight is 402 g/mol. The van der Waals surface area contributed by atoms with Gasteiger partial charge in [0.2, 0.25) is 5.13 Å². The third kappa shape index (κ3) is 4.30. The molecule has 0 bridgehead atoms. The fourth-order valence-corrected chi connectivity index (χ4v) is 3.21. The molecule has 0 saturated carbocycles. The molecule has 3 aromatic rings. The minimum absolute atomic E-state index is 0.261. The number of anilines is 1. The smallest absolute Gasteiger partial charge is 0.257 e. The Morgan fingerprint density at radius 3 is 2.64 bits per heavy atom. The molecular formula is C19H22N4O4S. The van der Waals surface area contributed by atoms with E-state index in [9.17, 15) is 4.79 Å². The van der Waals surface area contributed by atoms with Crippen LogP contribution in [0.4, 0.5) is 5.13 Å². The topological polar surface area (TPSA) is 99.4 Å². The number of benzene rings is 1. The van der Waals surface area contributed by atoms with Crippen LogP contribution in [0.1, 0.15) is 52.1 Å². The number of amides is 1. The maximum absolute atomic E-state index is 12.5. The van der Waals surface area contributed by atoms with Gasteiger partial charge in [-0.05, 0) is 32.0 Å². The van der Waals surface area contributed by atoms with E-state index in [4.69, 9.17) is 14.0 Å². The summed E-state index contributed by atoms with van der Waals surface area (Å²) in [4.78, 5) is 12.5. The quantitative estimate of drug-likeness (QED) is 0.635. The minimum Gasteiger partial charge on any atom is -0.493 e. The summed E-state index contributed by atoms with van der Waals surface area (Å²) in [6, 6.07) is 5.00. The maximum atomic E-state index is 12.5. The molecule has 0 aliphatic rings. The predicted octanol–water partition coefficient (Wildman–Crippen LogP) is 4.11. The lowest BCUT2D eigenvalue weighted by Crippen LogP contribution is -2.12. The summed E-state index contributed by atoms with van der Waals surface area (Å²) < 4.78 is 16.4. The van der Waals surface area contributed by atoms with Crippen LogP contribution in [0.2, 0.25) is 0 Å². The van der Waals surface area contributed by atoms with Crippen LogP contribution in [-0.4, -0.2) is 28.4 Å². The maximum Gasteiger partial charge on any atom is 0.257 e. The van der Waals surface area contributed by atoms with E-state index in [1.807, 2.05) is 27.7 Å². The SMILES string of the molecule is COc1cc(C(=O)Nc2nnc(C(C)C)s2)ccc1OCc1c(C)noc1C. The van der Waals surface area contributed by atoms with Crippen LogP contribution in [0.3, 0.4) is 0 Å². The zero-order valence-corrected chi connectivity index (χ0v) is 17.2. The van der Waals surface area contributed by atoms with Gasteiger partial charge in [0.05, 0.1) is 18.4 Å². The van der Waals surface area contributed by atoms with Crippen molar-refractivity contribution in [3.8, 4) is 11.5 Å². The molecule has 0 spiro atoms. The third-order valence-corrected chi connectivity index (χ3v) is 5.27. The molecule has 1 aromatic carbocycles. The van der Waals surface area contributed by atoms with Crippen molar-refractivity contribution < 1.29 is 18.8 Å². The summed E-state index contributed by atoms with van der Waals surface area (Å²) in [5.74, 6) is 1.67. The molecule has 148 valence electrons. The highest BCUT2D eigenvalue weighted by Crippen LogP contribution is 2.30. The molecule has 8 nitrogen and oxygen atoms in total. The van der Waals surface area contributed by atoms with Crippen LogP contribution in [0, 0.1) is 13.8 Å². The number of nitrogens with one attached hydrogen (secondary N) is 1. The van der Waals surface area contributed by atoms with Crippen molar-refractivity contribution in [3.05, 3.63) is 45.8 Å². The first kappa shape index (κ1) is 19.8. The van der Waals surface area contributed by atoms with Crippen molar-refractivity contribution in [1.82, 2.24) is 15.4 Å². The number of ether oxygens (including phenoxy) is 2. The largest absolute Gasteiger partial charge is 0.493 e. The molecule has 0 atom stereocenters. The van der Waals surface area contributed by atoms with E-state index in [0.29, 0.717) is 34.6 Å². The van der Waals surface area contributed by atoms with Gasteiger partial charge in [0.15, 0.2) is 11.5 Å². The second-order valence-electron chi connectivity index (χ2n) is 6.51. The lowest BCUT2D eigenvalue weighted by Gasteiger charge is -2.12. The lowest BCUT2D eigenvalue weighted by atomic mass is 10.2. The second kappa shape index (κ2) is 8.39. The number of rotatable bonds is 7. The molecule has 3 rings (SSSR count). The van der Waals surface area contributed by atoms with Crippen molar-refractivity contribution in [1.29, 1.82) is 0 Å². The highest BCUT2D eigenvalue weighted by molar-refractivity contribution is 7.15. The van der Waals surface area contributed by atoms with Crippen LogP contribution in [0.5, 0.6) is 11.5 Å². The number of carbonyl (C=O) groups excluding carboxylic acids is 1. The number of nitrogens with zero attached hydrogens (tertiary/aromatic N) is 3. The Morgan fingerprint density at radius 2 is 2.04 bits per heavy atom. The van der Waals surface area contributed by atoms with Crippen LogP contribution >= 0.6 is 11.3 Å². The number of aromatic nitrogens is 3. The number of hydrogen-bond acceptors (Lipinski definition) is 8. The van der Waals surface area contributed by atoms with Gasteiger partial charge in [0.1, 0.15) is 17.4 Å². The van der Waals surface area contributed by atoms with E-state index in [0.717, 1.165) is 16.3 Å². The summed E-state index contributed by atoms with van der Waals surface area (Å²) in [7, 11) is 1.53. The molecule has 0 radical (unpaired) electrons. The van der Waals surface area contributed by atoms with Gasteiger partial charge in [-0.3, -0.25) is 10.1 Å². The molecule has 0 aliphatic carbocycles. The third-order valence-electron chi connectivity index (χ3n) is 4.13. The van der Waals surface area contributed by atoms with Crippen LogP contribution in [0.25, 0.3) is 0 Å². The summed E-state index contributed by atoms with van der Waals surface area (Å²) in [5.41, 5.74) is 2.11.